The number of hydrogen-bond acceptors (Lipinski definition) is 3. The average molecular weight is 224 g/mol. The summed E-state index contributed by atoms with van der Waals surface area (Å²) in [5.41, 5.74) is 6.89. The van der Waals surface area contributed by atoms with Gasteiger partial charge in [-0.15, -0.1) is 11.3 Å². The van der Waals surface area contributed by atoms with Gasteiger partial charge in [-0.2, -0.15) is 0 Å². The van der Waals surface area contributed by atoms with Gasteiger partial charge < -0.3 is 5.73 Å². The number of nitrogens with two attached hydrogens (primary N) is 1. The third-order valence-corrected chi connectivity index (χ3v) is 4.13. The highest BCUT2D eigenvalue weighted by Gasteiger charge is 2.37. The zero-order valence-corrected chi connectivity index (χ0v) is 10.4. The number of thiazole rings is 1. The fourth-order valence-corrected chi connectivity index (χ4v) is 3.61. The van der Waals surface area contributed by atoms with Crippen LogP contribution in [0.4, 0.5) is 0 Å². The number of nitrogens with zero attached hydrogens (tertiary/aromatic N) is 1. The van der Waals surface area contributed by atoms with Gasteiger partial charge in [0.15, 0.2) is 0 Å². The first-order valence-corrected chi connectivity index (χ1v) is 6.54. The summed E-state index contributed by atoms with van der Waals surface area (Å²) in [4.78, 5) is 4.34. The third-order valence-electron chi connectivity index (χ3n) is 3.35. The minimum absolute atomic E-state index is 0.0143. The molecule has 0 amide bonds. The summed E-state index contributed by atoms with van der Waals surface area (Å²) in [6.07, 6.45) is 7.67. The lowest BCUT2D eigenvalue weighted by molar-refractivity contribution is 0.151. The van der Waals surface area contributed by atoms with Crippen LogP contribution in [0.1, 0.15) is 44.5 Å². The second-order valence-electron chi connectivity index (χ2n) is 5.66. The monoisotopic (exact) mass is 224 g/mol. The Hall–Kier alpha value is -0.410. The van der Waals surface area contributed by atoms with E-state index in [1.165, 1.54) is 17.8 Å². The van der Waals surface area contributed by atoms with Crippen LogP contribution in [0.15, 0.2) is 11.6 Å². The first kappa shape index (κ1) is 11.1. The molecule has 2 N–H and O–H groups in total. The average Bonchev–Trinajstić information content (AvgIpc) is 2.52. The highest BCUT2D eigenvalue weighted by molar-refractivity contribution is 7.09. The highest BCUT2D eigenvalue weighted by atomic mass is 32.1. The van der Waals surface area contributed by atoms with Gasteiger partial charge in [-0.05, 0) is 24.7 Å². The molecule has 2 rings (SSSR count). The molecule has 1 unspecified atom stereocenters. The molecule has 1 atom stereocenters. The van der Waals surface area contributed by atoms with E-state index in [-0.39, 0.29) is 5.54 Å². The van der Waals surface area contributed by atoms with E-state index in [4.69, 9.17) is 5.73 Å². The Morgan fingerprint density at radius 3 is 2.87 bits per heavy atom. The Morgan fingerprint density at radius 2 is 2.27 bits per heavy atom. The molecule has 1 fully saturated rings. The third kappa shape index (κ3) is 2.79. The van der Waals surface area contributed by atoms with Gasteiger partial charge >= 0.3 is 0 Å². The van der Waals surface area contributed by atoms with Crippen LogP contribution >= 0.6 is 11.3 Å². The summed E-state index contributed by atoms with van der Waals surface area (Å²) in [5, 5.41) is 3.22. The van der Waals surface area contributed by atoms with Crippen LogP contribution in [-0.2, 0) is 6.42 Å². The van der Waals surface area contributed by atoms with Gasteiger partial charge in [0.2, 0.25) is 0 Å². The Morgan fingerprint density at radius 1 is 1.47 bits per heavy atom. The van der Waals surface area contributed by atoms with Crippen molar-refractivity contribution in [1.82, 2.24) is 4.98 Å². The Labute approximate surface area is 95.9 Å². The van der Waals surface area contributed by atoms with Crippen LogP contribution in [0.5, 0.6) is 0 Å². The minimum Gasteiger partial charge on any atom is -0.325 e. The van der Waals surface area contributed by atoms with E-state index < -0.39 is 0 Å². The summed E-state index contributed by atoms with van der Waals surface area (Å²) >= 11 is 1.72. The van der Waals surface area contributed by atoms with Crippen LogP contribution in [0.3, 0.4) is 0 Å². The first-order chi connectivity index (χ1) is 6.99. The van der Waals surface area contributed by atoms with Crippen LogP contribution in [-0.4, -0.2) is 10.5 Å². The van der Waals surface area contributed by atoms with Crippen molar-refractivity contribution in [1.29, 1.82) is 0 Å². The maximum absolute atomic E-state index is 6.49. The molecule has 3 heteroatoms. The molecular formula is C12H20N2S. The zero-order chi connectivity index (χ0) is 10.9. The van der Waals surface area contributed by atoms with Gasteiger partial charge in [-0.25, -0.2) is 4.98 Å². The van der Waals surface area contributed by atoms with Gasteiger partial charge in [-0.1, -0.05) is 20.3 Å². The lowest BCUT2D eigenvalue weighted by atomic mass is 9.67. The van der Waals surface area contributed by atoms with Crippen LogP contribution in [0.25, 0.3) is 0 Å². The fourth-order valence-electron chi connectivity index (χ4n) is 2.84. The second-order valence-corrected chi connectivity index (χ2v) is 6.64. The molecule has 1 aromatic rings. The lowest BCUT2D eigenvalue weighted by Gasteiger charge is -2.42. The Balaban J connectivity index is 2.06. The van der Waals surface area contributed by atoms with E-state index in [1.54, 1.807) is 11.3 Å². The van der Waals surface area contributed by atoms with Crippen molar-refractivity contribution in [2.75, 3.05) is 0 Å². The van der Waals surface area contributed by atoms with Crippen molar-refractivity contribution < 1.29 is 0 Å². The standard InChI is InChI=1S/C12H20N2S/c1-11(2)4-3-5-12(13,9-11)8-10-14-6-7-15-10/h6-7H,3-5,8-9,13H2,1-2H3. The number of hydrogen-bond donors (Lipinski definition) is 1. The van der Waals surface area contributed by atoms with Crippen molar-refractivity contribution in [3.63, 3.8) is 0 Å². The maximum Gasteiger partial charge on any atom is 0.0943 e. The van der Waals surface area contributed by atoms with Gasteiger partial charge in [0, 0.05) is 23.5 Å². The quantitative estimate of drug-likeness (QED) is 0.838. The van der Waals surface area contributed by atoms with Crippen molar-refractivity contribution in [2.45, 2.75) is 51.5 Å². The molecule has 1 aliphatic rings. The summed E-state index contributed by atoms with van der Waals surface area (Å²) in [7, 11) is 0. The number of aromatic nitrogens is 1. The molecule has 1 aliphatic carbocycles. The zero-order valence-electron chi connectivity index (χ0n) is 9.62. The van der Waals surface area contributed by atoms with Crippen molar-refractivity contribution in [2.24, 2.45) is 11.1 Å². The summed E-state index contributed by atoms with van der Waals surface area (Å²) in [6, 6.07) is 0. The minimum atomic E-state index is -0.0143. The molecule has 84 valence electrons. The molecule has 1 aromatic heterocycles. The smallest absolute Gasteiger partial charge is 0.0943 e. The lowest BCUT2D eigenvalue weighted by Crippen LogP contribution is -2.48. The molecule has 0 aromatic carbocycles. The first-order valence-electron chi connectivity index (χ1n) is 5.66. The van der Waals surface area contributed by atoms with Crippen LogP contribution in [0, 0.1) is 5.41 Å². The predicted octanol–water partition coefficient (Wildman–Crippen LogP) is 2.98. The summed E-state index contributed by atoms with van der Waals surface area (Å²) < 4.78 is 0. The highest BCUT2D eigenvalue weighted by Crippen LogP contribution is 2.41. The maximum atomic E-state index is 6.49. The normalized spacial score (nSPS) is 30.3. The van der Waals surface area contributed by atoms with E-state index in [9.17, 15) is 0 Å². The fraction of sp³-hybridized carbons (Fsp3) is 0.750. The van der Waals surface area contributed by atoms with E-state index in [0.717, 1.165) is 19.3 Å². The molecule has 0 spiro atoms. The van der Waals surface area contributed by atoms with E-state index in [0.29, 0.717) is 5.41 Å². The van der Waals surface area contributed by atoms with Crippen molar-refractivity contribution >= 4 is 11.3 Å². The van der Waals surface area contributed by atoms with Gasteiger partial charge in [0.25, 0.3) is 0 Å². The largest absolute Gasteiger partial charge is 0.325 e. The molecule has 1 saturated carbocycles. The molecule has 0 radical (unpaired) electrons. The SMILES string of the molecule is CC1(C)CCCC(N)(Cc2nccs2)C1. The topological polar surface area (TPSA) is 38.9 Å². The Kier molecular flexibility index (Phi) is 2.86. The summed E-state index contributed by atoms with van der Waals surface area (Å²) in [5.74, 6) is 0. The Bertz CT molecular complexity index is 318. The molecule has 0 saturated heterocycles. The van der Waals surface area contributed by atoms with Crippen LogP contribution in [0.2, 0.25) is 0 Å². The van der Waals surface area contributed by atoms with E-state index >= 15 is 0 Å². The van der Waals surface area contributed by atoms with Crippen molar-refractivity contribution in [3.05, 3.63) is 16.6 Å². The van der Waals surface area contributed by atoms with Gasteiger partial charge in [0.1, 0.15) is 0 Å². The molecule has 0 bridgehead atoms. The van der Waals surface area contributed by atoms with E-state index in [1.807, 2.05) is 11.6 Å². The van der Waals surface area contributed by atoms with Crippen LogP contribution < -0.4 is 5.73 Å². The predicted molar refractivity (Wildman–Crippen MR) is 65.0 cm³/mol. The molecule has 15 heavy (non-hydrogen) atoms. The van der Waals surface area contributed by atoms with Gasteiger partial charge in [-0.3, -0.25) is 0 Å². The molecular weight excluding hydrogens is 204 g/mol. The van der Waals surface area contributed by atoms with Crippen molar-refractivity contribution in [3.8, 4) is 0 Å². The second kappa shape index (κ2) is 3.87. The summed E-state index contributed by atoms with van der Waals surface area (Å²) in [6.45, 7) is 4.66. The molecule has 1 heterocycles. The molecule has 0 aliphatic heterocycles. The van der Waals surface area contributed by atoms with Gasteiger partial charge in [0.05, 0.1) is 5.01 Å². The van der Waals surface area contributed by atoms with E-state index in [2.05, 4.69) is 18.8 Å². The molecule has 2 nitrogen and oxygen atoms in total. The number of rotatable bonds is 2.